The van der Waals surface area contributed by atoms with Crippen molar-refractivity contribution in [1.29, 1.82) is 0 Å². The van der Waals surface area contributed by atoms with Crippen LogP contribution in [-0.4, -0.2) is 15.9 Å². The normalized spacial score (nSPS) is 16.7. The molecule has 0 bridgehead atoms. The Balaban J connectivity index is 1.74. The average Bonchev–Trinajstić information content (AvgIpc) is 2.79. The highest BCUT2D eigenvalue weighted by molar-refractivity contribution is 6.29. The summed E-state index contributed by atoms with van der Waals surface area (Å²) < 4.78 is 0. The van der Waals surface area contributed by atoms with Gasteiger partial charge in [-0.05, 0) is 42.6 Å². The lowest BCUT2D eigenvalue weighted by Gasteiger charge is -2.20. The van der Waals surface area contributed by atoms with Crippen molar-refractivity contribution < 1.29 is 4.79 Å². The highest BCUT2D eigenvalue weighted by atomic mass is 35.5. The number of carbonyl (C=O) groups excluding carboxylic acids is 1. The number of aromatic amines is 1. The third-order valence-electron chi connectivity index (χ3n) is 3.70. The molecule has 0 unspecified atom stereocenters. The zero-order valence-electron chi connectivity index (χ0n) is 10.6. The SMILES string of the molecule is O=C(Nc1ccc2nc(Cl)[nH]c2c1)C1CCCCC1. The van der Waals surface area contributed by atoms with E-state index >= 15 is 0 Å². The first-order chi connectivity index (χ1) is 9.22. The number of aromatic nitrogens is 2. The summed E-state index contributed by atoms with van der Waals surface area (Å²) in [5.74, 6) is 0.291. The minimum atomic E-state index is 0.129. The lowest BCUT2D eigenvalue weighted by Crippen LogP contribution is -2.24. The third kappa shape index (κ3) is 2.73. The molecule has 1 saturated carbocycles. The van der Waals surface area contributed by atoms with Crippen molar-refractivity contribution in [3.05, 3.63) is 23.5 Å². The van der Waals surface area contributed by atoms with Crippen LogP contribution in [0.15, 0.2) is 18.2 Å². The van der Waals surface area contributed by atoms with E-state index in [4.69, 9.17) is 11.6 Å². The molecule has 1 heterocycles. The summed E-state index contributed by atoms with van der Waals surface area (Å²) >= 11 is 5.81. The number of H-pyrrole nitrogens is 1. The second-order valence-corrected chi connectivity index (χ2v) is 5.44. The van der Waals surface area contributed by atoms with Gasteiger partial charge >= 0.3 is 0 Å². The van der Waals surface area contributed by atoms with Gasteiger partial charge in [0, 0.05) is 11.6 Å². The summed E-state index contributed by atoms with van der Waals surface area (Å²) in [4.78, 5) is 19.2. The number of imidazole rings is 1. The Morgan fingerprint density at radius 1 is 1.32 bits per heavy atom. The quantitative estimate of drug-likeness (QED) is 0.879. The Hall–Kier alpha value is -1.55. The predicted molar refractivity (Wildman–Crippen MR) is 76.3 cm³/mol. The maximum atomic E-state index is 12.1. The molecule has 1 aliphatic carbocycles. The van der Waals surface area contributed by atoms with E-state index in [-0.39, 0.29) is 11.8 Å². The summed E-state index contributed by atoms with van der Waals surface area (Å²) in [6.45, 7) is 0. The van der Waals surface area contributed by atoms with Gasteiger partial charge in [-0.25, -0.2) is 4.98 Å². The fourth-order valence-corrected chi connectivity index (χ4v) is 2.86. The molecule has 1 amide bonds. The van der Waals surface area contributed by atoms with Gasteiger partial charge in [0.2, 0.25) is 11.2 Å². The first-order valence-electron chi connectivity index (χ1n) is 6.68. The molecule has 3 rings (SSSR count). The van der Waals surface area contributed by atoms with Crippen molar-refractivity contribution in [3.63, 3.8) is 0 Å². The number of hydrogen-bond donors (Lipinski definition) is 2. The molecule has 1 fully saturated rings. The van der Waals surface area contributed by atoms with Gasteiger partial charge in [0.25, 0.3) is 0 Å². The highest BCUT2D eigenvalue weighted by Crippen LogP contribution is 2.25. The molecule has 19 heavy (non-hydrogen) atoms. The van der Waals surface area contributed by atoms with Gasteiger partial charge < -0.3 is 10.3 Å². The van der Waals surface area contributed by atoms with Crippen LogP contribution in [0.5, 0.6) is 0 Å². The number of fused-ring (bicyclic) bond motifs is 1. The van der Waals surface area contributed by atoms with Crippen molar-refractivity contribution in [2.24, 2.45) is 5.92 Å². The molecule has 4 nitrogen and oxygen atoms in total. The maximum Gasteiger partial charge on any atom is 0.227 e. The molecule has 2 N–H and O–H groups in total. The standard InChI is InChI=1S/C14H16ClN3O/c15-14-17-11-7-6-10(8-12(11)18-14)16-13(19)9-4-2-1-3-5-9/h6-9H,1-5H2,(H,16,19)(H,17,18). The molecule has 100 valence electrons. The maximum absolute atomic E-state index is 12.1. The number of nitrogens with one attached hydrogen (secondary N) is 2. The summed E-state index contributed by atoms with van der Waals surface area (Å²) in [7, 11) is 0. The number of rotatable bonds is 2. The Morgan fingerprint density at radius 2 is 2.11 bits per heavy atom. The smallest absolute Gasteiger partial charge is 0.227 e. The molecule has 0 aliphatic heterocycles. The summed E-state index contributed by atoms with van der Waals surface area (Å²) in [6.07, 6.45) is 5.58. The number of anilines is 1. The molecule has 0 saturated heterocycles. The molecular formula is C14H16ClN3O. The molecule has 1 aliphatic rings. The van der Waals surface area contributed by atoms with Crippen molar-refractivity contribution in [2.75, 3.05) is 5.32 Å². The molecule has 0 spiro atoms. The molecule has 2 aromatic rings. The highest BCUT2D eigenvalue weighted by Gasteiger charge is 2.21. The van der Waals surface area contributed by atoms with Crippen molar-refractivity contribution in [1.82, 2.24) is 9.97 Å². The zero-order chi connectivity index (χ0) is 13.2. The van der Waals surface area contributed by atoms with Gasteiger partial charge in [-0.3, -0.25) is 4.79 Å². The molecule has 5 heteroatoms. The summed E-state index contributed by atoms with van der Waals surface area (Å²) in [5.41, 5.74) is 2.44. The van der Waals surface area contributed by atoms with E-state index in [0.717, 1.165) is 42.4 Å². The van der Waals surface area contributed by atoms with Crippen molar-refractivity contribution in [3.8, 4) is 0 Å². The molecular weight excluding hydrogens is 262 g/mol. The fraction of sp³-hybridized carbons (Fsp3) is 0.429. The predicted octanol–water partition coefficient (Wildman–Crippen LogP) is 3.74. The van der Waals surface area contributed by atoms with Crippen LogP contribution >= 0.6 is 11.6 Å². The van der Waals surface area contributed by atoms with Crippen LogP contribution in [0.2, 0.25) is 5.28 Å². The third-order valence-corrected chi connectivity index (χ3v) is 3.88. The Kier molecular flexibility index (Phi) is 3.42. The molecule has 1 aromatic heterocycles. The van der Waals surface area contributed by atoms with E-state index < -0.39 is 0 Å². The van der Waals surface area contributed by atoms with Crippen LogP contribution in [0.3, 0.4) is 0 Å². The van der Waals surface area contributed by atoms with E-state index in [1.54, 1.807) is 0 Å². The zero-order valence-corrected chi connectivity index (χ0v) is 11.3. The van der Waals surface area contributed by atoms with Gasteiger partial charge in [0.05, 0.1) is 11.0 Å². The number of hydrogen-bond acceptors (Lipinski definition) is 2. The minimum absolute atomic E-state index is 0.129. The number of amides is 1. The van der Waals surface area contributed by atoms with E-state index in [1.807, 2.05) is 18.2 Å². The first kappa shape index (κ1) is 12.5. The average molecular weight is 278 g/mol. The topological polar surface area (TPSA) is 57.8 Å². The van der Waals surface area contributed by atoms with E-state index in [0.29, 0.717) is 5.28 Å². The van der Waals surface area contributed by atoms with Crippen LogP contribution in [0, 0.1) is 5.92 Å². The van der Waals surface area contributed by atoms with Gasteiger partial charge in [-0.2, -0.15) is 0 Å². The second-order valence-electron chi connectivity index (χ2n) is 5.08. The van der Waals surface area contributed by atoms with Crippen LogP contribution in [0.25, 0.3) is 11.0 Å². The lowest BCUT2D eigenvalue weighted by atomic mass is 9.88. The largest absolute Gasteiger partial charge is 0.329 e. The van der Waals surface area contributed by atoms with E-state index in [9.17, 15) is 4.79 Å². The van der Waals surface area contributed by atoms with E-state index in [2.05, 4.69) is 15.3 Å². The number of benzene rings is 1. The fourth-order valence-electron chi connectivity index (χ4n) is 2.67. The van der Waals surface area contributed by atoms with Gasteiger partial charge in [0.15, 0.2) is 0 Å². The molecule has 0 atom stereocenters. The summed E-state index contributed by atoms with van der Waals surface area (Å²) in [5, 5.41) is 3.35. The second kappa shape index (κ2) is 5.21. The number of nitrogens with zero attached hydrogens (tertiary/aromatic N) is 1. The van der Waals surface area contributed by atoms with Crippen LogP contribution in [0.4, 0.5) is 5.69 Å². The van der Waals surface area contributed by atoms with E-state index in [1.165, 1.54) is 6.42 Å². The first-order valence-corrected chi connectivity index (χ1v) is 7.06. The Bertz CT molecular complexity index is 602. The summed E-state index contributed by atoms with van der Waals surface area (Å²) in [6, 6.07) is 5.59. The van der Waals surface area contributed by atoms with Crippen LogP contribution < -0.4 is 5.32 Å². The van der Waals surface area contributed by atoms with Gasteiger partial charge in [-0.15, -0.1) is 0 Å². The monoisotopic (exact) mass is 277 g/mol. The lowest BCUT2D eigenvalue weighted by molar-refractivity contribution is -0.120. The number of carbonyl (C=O) groups is 1. The minimum Gasteiger partial charge on any atom is -0.329 e. The molecule has 0 radical (unpaired) electrons. The van der Waals surface area contributed by atoms with Crippen molar-refractivity contribution >= 4 is 34.2 Å². The Morgan fingerprint density at radius 3 is 2.89 bits per heavy atom. The van der Waals surface area contributed by atoms with Crippen molar-refractivity contribution in [2.45, 2.75) is 32.1 Å². The number of halogens is 1. The Labute approximate surface area is 116 Å². The molecule has 1 aromatic carbocycles. The van der Waals surface area contributed by atoms with Gasteiger partial charge in [0.1, 0.15) is 0 Å². The van der Waals surface area contributed by atoms with Crippen LogP contribution in [0.1, 0.15) is 32.1 Å². The van der Waals surface area contributed by atoms with Crippen LogP contribution in [-0.2, 0) is 4.79 Å². The van der Waals surface area contributed by atoms with Gasteiger partial charge in [-0.1, -0.05) is 19.3 Å².